The first-order chi connectivity index (χ1) is 16.8. The van der Waals surface area contributed by atoms with Crippen LogP contribution in [0.4, 0.5) is 20.4 Å². The van der Waals surface area contributed by atoms with Gasteiger partial charge in [0, 0.05) is 60.4 Å². The lowest BCUT2D eigenvalue weighted by molar-refractivity contribution is -0.0222. The fourth-order valence-corrected chi connectivity index (χ4v) is 5.69. The third kappa shape index (κ3) is 4.67. The van der Waals surface area contributed by atoms with Gasteiger partial charge in [-0.15, -0.1) is 0 Å². The number of benzene rings is 1. The molecule has 2 saturated heterocycles. The van der Waals surface area contributed by atoms with Crippen LogP contribution >= 0.6 is 15.9 Å². The number of rotatable bonds is 4. The highest BCUT2D eigenvalue weighted by Crippen LogP contribution is 2.54. The molecule has 0 bridgehead atoms. The van der Waals surface area contributed by atoms with Gasteiger partial charge in [0.15, 0.2) is 0 Å². The van der Waals surface area contributed by atoms with Gasteiger partial charge in [-0.2, -0.15) is 5.10 Å². The number of H-pyrrole nitrogens is 1. The van der Waals surface area contributed by atoms with Crippen molar-refractivity contribution in [3.8, 4) is 22.6 Å². The second-order valence-electron chi connectivity index (χ2n) is 10.4. The highest BCUT2D eigenvalue weighted by molar-refractivity contribution is 9.10. The summed E-state index contributed by atoms with van der Waals surface area (Å²) in [6.07, 6.45) is 4.95. The zero-order chi connectivity index (χ0) is 24.2. The van der Waals surface area contributed by atoms with Crippen LogP contribution in [0.2, 0.25) is 0 Å². The molecule has 2 aromatic heterocycles. The van der Waals surface area contributed by atoms with E-state index in [-0.39, 0.29) is 25.9 Å². The van der Waals surface area contributed by atoms with Crippen LogP contribution in [0, 0.1) is 12.3 Å². The molecule has 3 fully saturated rings. The molecule has 3 aliphatic rings. The van der Waals surface area contributed by atoms with Crippen LogP contribution in [0.5, 0.6) is 0 Å². The third-order valence-electron chi connectivity index (χ3n) is 7.83. The Morgan fingerprint density at radius 2 is 1.57 bits per heavy atom. The van der Waals surface area contributed by atoms with E-state index in [9.17, 15) is 8.78 Å². The summed E-state index contributed by atoms with van der Waals surface area (Å²) in [6.45, 7) is 4.56. The largest absolute Gasteiger partial charge is 0.371 e. The van der Waals surface area contributed by atoms with Crippen LogP contribution < -0.4 is 9.80 Å². The molecule has 1 N–H and O–H groups in total. The van der Waals surface area contributed by atoms with Crippen molar-refractivity contribution in [3.05, 3.63) is 40.5 Å². The van der Waals surface area contributed by atoms with Crippen molar-refractivity contribution in [2.75, 3.05) is 36.0 Å². The monoisotopic (exact) mass is 542 g/mol. The second kappa shape index (κ2) is 8.54. The number of hydrogen-bond donors (Lipinski definition) is 1. The Kier molecular flexibility index (Phi) is 5.58. The predicted octanol–water partition coefficient (Wildman–Crippen LogP) is 6.22. The maximum atomic E-state index is 13.6. The molecule has 0 amide bonds. The molecule has 1 saturated carbocycles. The SMILES string of the molecule is Cc1cc(-c2cc(-c3ccc(Br)cc3N3CCC4(CC3)CC4)n[nH]2)nc(N2CCC(F)(F)CC2)n1. The second-order valence-corrected chi connectivity index (χ2v) is 11.3. The number of halogens is 3. The molecule has 6 rings (SSSR count). The fourth-order valence-electron chi connectivity index (χ4n) is 5.34. The quantitative estimate of drug-likeness (QED) is 0.424. The normalized spacial score (nSPS) is 20.9. The zero-order valence-electron chi connectivity index (χ0n) is 19.8. The Bertz CT molecular complexity index is 1230. The van der Waals surface area contributed by atoms with Crippen LogP contribution in [0.3, 0.4) is 0 Å². The minimum atomic E-state index is -2.60. The Labute approximate surface area is 212 Å². The summed E-state index contributed by atoms with van der Waals surface area (Å²) in [7, 11) is 0. The lowest BCUT2D eigenvalue weighted by Gasteiger charge is -2.35. The minimum absolute atomic E-state index is 0.169. The summed E-state index contributed by atoms with van der Waals surface area (Å²) in [5.74, 6) is -2.10. The highest BCUT2D eigenvalue weighted by atomic mass is 79.9. The predicted molar refractivity (Wildman–Crippen MR) is 137 cm³/mol. The van der Waals surface area contributed by atoms with Gasteiger partial charge < -0.3 is 9.80 Å². The van der Waals surface area contributed by atoms with Crippen molar-refractivity contribution in [2.24, 2.45) is 5.41 Å². The van der Waals surface area contributed by atoms with Gasteiger partial charge in [0.2, 0.25) is 5.95 Å². The van der Waals surface area contributed by atoms with Gasteiger partial charge in [-0.3, -0.25) is 5.10 Å². The molecule has 2 aliphatic heterocycles. The molecule has 184 valence electrons. The van der Waals surface area contributed by atoms with E-state index in [2.05, 4.69) is 54.2 Å². The molecule has 35 heavy (non-hydrogen) atoms. The van der Waals surface area contributed by atoms with Crippen molar-refractivity contribution in [1.29, 1.82) is 0 Å². The fraction of sp³-hybridized carbons (Fsp3) is 0.500. The van der Waals surface area contributed by atoms with Crippen LogP contribution in [0.15, 0.2) is 34.8 Å². The summed E-state index contributed by atoms with van der Waals surface area (Å²) in [6, 6.07) is 10.3. The van der Waals surface area contributed by atoms with E-state index in [0.29, 0.717) is 11.4 Å². The number of aryl methyl sites for hydroxylation is 1. The van der Waals surface area contributed by atoms with Crippen molar-refractivity contribution >= 4 is 27.6 Å². The average Bonchev–Trinajstić information content (AvgIpc) is 3.39. The molecule has 3 aromatic rings. The molecule has 6 nitrogen and oxygen atoms in total. The van der Waals surface area contributed by atoms with E-state index >= 15 is 0 Å². The summed E-state index contributed by atoms with van der Waals surface area (Å²) in [5.41, 5.74) is 6.08. The van der Waals surface area contributed by atoms with Gasteiger partial charge in [-0.25, -0.2) is 18.7 Å². The van der Waals surface area contributed by atoms with Crippen molar-refractivity contribution in [2.45, 2.75) is 51.4 Å². The molecule has 0 unspecified atom stereocenters. The van der Waals surface area contributed by atoms with Crippen molar-refractivity contribution < 1.29 is 8.78 Å². The van der Waals surface area contributed by atoms with Gasteiger partial charge in [0.1, 0.15) is 0 Å². The highest BCUT2D eigenvalue weighted by Gasteiger charge is 2.44. The van der Waals surface area contributed by atoms with Crippen LogP contribution in [0.1, 0.15) is 44.2 Å². The Morgan fingerprint density at radius 1 is 0.857 bits per heavy atom. The van der Waals surface area contributed by atoms with Crippen molar-refractivity contribution in [3.63, 3.8) is 0 Å². The summed E-state index contributed by atoms with van der Waals surface area (Å²) in [5, 5.41) is 7.79. The zero-order valence-corrected chi connectivity index (χ0v) is 21.4. The lowest BCUT2D eigenvalue weighted by atomic mass is 9.93. The van der Waals surface area contributed by atoms with Crippen LogP contribution in [-0.2, 0) is 0 Å². The minimum Gasteiger partial charge on any atom is -0.371 e. The summed E-state index contributed by atoms with van der Waals surface area (Å²) < 4.78 is 28.3. The molecule has 4 heterocycles. The van der Waals surface area contributed by atoms with E-state index in [1.165, 1.54) is 31.4 Å². The third-order valence-corrected chi connectivity index (χ3v) is 8.32. The molecule has 1 spiro atoms. The van der Waals surface area contributed by atoms with Crippen molar-refractivity contribution in [1.82, 2.24) is 20.2 Å². The summed E-state index contributed by atoms with van der Waals surface area (Å²) >= 11 is 3.65. The molecule has 0 atom stereocenters. The topological polar surface area (TPSA) is 60.9 Å². The number of alkyl halides is 2. The maximum absolute atomic E-state index is 13.6. The standard InChI is InChI=1S/C26H29BrF2N6/c1-17-14-21(31-24(30-17)35-12-8-26(28,29)9-13-35)22-16-20(32-33-22)19-3-2-18(27)15-23(19)34-10-6-25(4-5-25)7-11-34/h2-3,14-16H,4-13H2,1H3,(H,32,33). The van der Waals surface area contributed by atoms with E-state index in [4.69, 9.17) is 4.98 Å². The molecular formula is C26H29BrF2N6. The Morgan fingerprint density at radius 3 is 2.29 bits per heavy atom. The first-order valence-corrected chi connectivity index (χ1v) is 13.2. The van der Waals surface area contributed by atoms with Gasteiger partial charge >= 0.3 is 0 Å². The van der Waals surface area contributed by atoms with Gasteiger partial charge in [0.25, 0.3) is 5.92 Å². The number of nitrogens with zero attached hydrogens (tertiary/aromatic N) is 5. The van der Waals surface area contributed by atoms with E-state index in [1.807, 2.05) is 24.0 Å². The van der Waals surface area contributed by atoms with E-state index in [0.717, 1.165) is 45.9 Å². The number of aromatic nitrogens is 4. The van der Waals surface area contributed by atoms with Crippen LogP contribution in [0.25, 0.3) is 22.6 Å². The molecule has 1 aromatic carbocycles. The molecule has 1 aliphatic carbocycles. The smallest absolute Gasteiger partial charge is 0.251 e. The van der Waals surface area contributed by atoms with E-state index < -0.39 is 5.92 Å². The van der Waals surface area contributed by atoms with E-state index in [1.54, 1.807) is 0 Å². The summed E-state index contributed by atoms with van der Waals surface area (Å²) in [4.78, 5) is 13.6. The molecule has 0 radical (unpaired) electrons. The average molecular weight is 543 g/mol. The lowest BCUT2D eigenvalue weighted by Crippen LogP contribution is -2.40. The number of nitrogens with one attached hydrogen (secondary N) is 1. The first-order valence-electron chi connectivity index (χ1n) is 12.4. The number of aromatic amines is 1. The van der Waals surface area contributed by atoms with Gasteiger partial charge in [-0.1, -0.05) is 15.9 Å². The molecule has 9 heteroatoms. The van der Waals surface area contributed by atoms with Gasteiger partial charge in [-0.05, 0) is 68.4 Å². The van der Waals surface area contributed by atoms with Gasteiger partial charge in [0.05, 0.1) is 17.1 Å². The Balaban J connectivity index is 1.28. The number of piperidine rings is 2. The Hall–Kier alpha value is -2.55. The van der Waals surface area contributed by atoms with Crippen LogP contribution in [-0.4, -0.2) is 52.3 Å². The number of hydrogen-bond acceptors (Lipinski definition) is 5. The number of anilines is 2. The first kappa shape index (κ1) is 22.9. The maximum Gasteiger partial charge on any atom is 0.251 e. The molecular weight excluding hydrogens is 514 g/mol.